The third-order valence-electron chi connectivity index (χ3n) is 6.96. The second-order valence-electron chi connectivity index (χ2n) is 10.3. The van der Waals surface area contributed by atoms with Gasteiger partial charge in [-0.15, -0.1) is 21.5 Å². The van der Waals surface area contributed by atoms with Crippen LogP contribution in [0.5, 0.6) is 11.5 Å². The Kier molecular flexibility index (Phi) is 9.34. The van der Waals surface area contributed by atoms with Gasteiger partial charge in [0.1, 0.15) is 11.3 Å². The number of aromatic nitrogens is 2. The third-order valence-corrected chi connectivity index (χ3v) is 14.0. The SMILES string of the molecule is COCOc1cc(C(F)(F)F)cc(C)c1-c1cc2sc(C(=O)OC)c(O[Si](C(C)C)(C(C)C)C(C)C)c2nn1. The second-order valence-corrected chi connectivity index (χ2v) is 16.8. The summed E-state index contributed by atoms with van der Waals surface area (Å²) in [4.78, 5) is 13.1. The summed E-state index contributed by atoms with van der Waals surface area (Å²) in [7, 11) is 0.196. The Morgan fingerprint density at radius 2 is 1.62 bits per heavy atom. The number of fused-ring (bicyclic) bond motifs is 1. The van der Waals surface area contributed by atoms with Gasteiger partial charge in [0, 0.05) is 12.7 Å². The van der Waals surface area contributed by atoms with E-state index >= 15 is 0 Å². The average molecular weight is 585 g/mol. The van der Waals surface area contributed by atoms with Gasteiger partial charge in [-0.1, -0.05) is 41.5 Å². The van der Waals surface area contributed by atoms with Gasteiger partial charge in [0.2, 0.25) is 0 Å². The first-order valence-electron chi connectivity index (χ1n) is 12.6. The van der Waals surface area contributed by atoms with Crippen LogP contribution >= 0.6 is 11.3 Å². The molecule has 0 unspecified atom stereocenters. The molecule has 0 aliphatic carbocycles. The summed E-state index contributed by atoms with van der Waals surface area (Å²) >= 11 is 1.15. The van der Waals surface area contributed by atoms with Crippen LogP contribution in [0.3, 0.4) is 0 Å². The molecule has 0 N–H and O–H groups in total. The highest BCUT2D eigenvalue weighted by Crippen LogP contribution is 2.48. The molecule has 1 aromatic carbocycles. The molecular weight excluding hydrogens is 549 g/mol. The fraction of sp³-hybridized carbons (Fsp3) is 0.519. The number of rotatable bonds is 10. The summed E-state index contributed by atoms with van der Waals surface area (Å²) in [5.74, 6) is -0.239. The van der Waals surface area contributed by atoms with Gasteiger partial charge in [-0.3, -0.25) is 0 Å². The van der Waals surface area contributed by atoms with Crippen molar-refractivity contribution in [3.05, 3.63) is 34.2 Å². The molecule has 0 aliphatic rings. The molecule has 0 bridgehead atoms. The maximum Gasteiger partial charge on any atom is 0.416 e. The molecule has 0 aliphatic heterocycles. The van der Waals surface area contributed by atoms with E-state index in [0.717, 1.165) is 23.5 Å². The number of halogens is 3. The van der Waals surface area contributed by atoms with E-state index < -0.39 is 26.0 Å². The molecule has 3 rings (SSSR count). The maximum absolute atomic E-state index is 13.5. The summed E-state index contributed by atoms with van der Waals surface area (Å²) in [6, 6.07) is 3.65. The topological polar surface area (TPSA) is 79.8 Å². The number of hydrogen-bond acceptors (Lipinski definition) is 8. The van der Waals surface area contributed by atoms with Crippen molar-refractivity contribution in [3.8, 4) is 22.8 Å². The number of nitrogens with zero attached hydrogens (tertiary/aromatic N) is 2. The molecule has 7 nitrogen and oxygen atoms in total. The van der Waals surface area contributed by atoms with Crippen molar-refractivity contribution >= 4 is 35.8 Å². The standard InChI is InChI=1S/C27H35F3N2O5SSi/c1-14(2)39(15(3)4,16(5)6)37-24-23-21(38-25(24)26(33)35-9)12-19(31-32-23)22-17(7)10-18(27(28,29)30)11-20(22)36-13-34-8/h10-12,14-16H,13H2,1-9H3. The lowest BCUT2D eigenvalue weighted by atomic mass is 10.0. The minimum absolute atomic E-state index is 0.0371. The van der Waals surface area contributed by atoms with Crippen molar-refractivity contribution < 1.29 is 36.6 Å². The van der Waals surface area contributed by atoms with Gasteiger partial charge in [0.05, 0.1) is 23.1 Å². The Bertz CT molecular complexity index is 1320. The van der Waals surface area contributed by atoms with Crippen molar-refractivity contribution in [2.75, 3.05) is 21.0 Å². The molecule has 3 aromatic rings. The Hall–Kier alpha value is -2.70. The Balaban J connectivity index is 2.26. The zero-order valence-corrected chi connectivity index (χ0v) is 25.5. The number of carbonyl (C=O) groups is 1. The highest BCUT2D eigenvalue weighted by atomic mass is 32.1. The zero-order chi connectivity index (χ0) is 29.3. The van der Waals surface area contributed by atoms with Gasteiger partial charge < -0.3 is 18.6 Å². The van der Waals surface area contributed by atoms with Crippen LogP contribution in [-0.4, -0.2) is 45.5 Å². The monoisotopic (exact) mass is 584 g/mol. The van der Waals surface area contributed by atoms with Gasteiger partial charge in [-0.2, -0.15) is 13.2 Å². The first-order valence-corrected chi connectivity index (χ1v) is 15.6. The minimum atomic E-state index is -4.56. The summed E-state index contributed by atoms with van der Waals surface area (Å²) in [5, 5.41) is 8.79. The Morgan fingerprint density at radius 1 is 1.00 bits per heavy atom. The lowest BCUT2D eigenvalue weighted by Crippen LogP contribution is -2.50. The molecule has 0 atom stereocenters. The number of carbonyl (C=O) groups excluding carboxylic acids is 1. The van der Waals surface area contributed by atoms with Crippen LogP contribution in [-0.2, 0) is 15.7 Å². The number of ether oxygens (including phenoxy) is 3. The smallest absolute Gasteiger partial charge is 0.416 e. The first-order chi connectivity index (χ1) is 18.2. The first kappa shape index (κ1) is 30.8. The summed E-state index contributed by atoms with van der Waals surface area (Å²) < 4.78 is 63.5. The van der Waals surface area contributed by atoms with Crippen LogP contribution in [0.4, 0.5) is 13.2 Å². The fourth-order valence-corrected chi connectivity index (χ4v) is 11.7. The van der Waals surface area contributed by atoms with E-state index in [2.05, 4.69) is 51.7 Å². The zero-order valence-electron chi connectivity index (χ0n) is 23.6. The Morgan fingerprint density at radius 3 is 2.13 bits per heavy atom. The molecule has 0 saturated heterocycles. The van der Waals surface area contributed by atoms with Crippen LogP contribution in [0.25, 0.3) is 21.5 Å². The molecule has 0 radical (unpaired) electrons. The third kappa shape index (κ3) is 5.92. The number of alkyl halides is 3. The normalized spacial score (nSPS) is 12.6. The summed E-state index contributed by atoms with van der Waals surface area (Å²) in [6.07, 6.45) is -4.56. The number of benzene rings is 1. The van der Waals surface area contributed by atoms with E-state index in [4.69, 9.17) is 18.6 Å². The summed E-state index contributed by atoms with van der Waals surface area (Å²) in [5.41, 5.74) is 1.22. The largest absolute Gasteiger partial charge is 0.540 e. The van der Waals surface area contributed by atoms with E-state index in [-0.39, 0.29) is 34.0 Å². The van der Waals surface area contributed by atoms with Gasteiger partial charge in [0.15, 0.2) is 17.4 Å². The van der Waals surface area contributed by atoms with Gasteiger partial charge in [0.25, 0.3) is 8.32 Å². The van der Waals surface area contributed by atoms with Crippen LogP contribution in [0.1, 0.15) is 62.3 Å². The molecule has 214 valence electrons. The molecule has 0 fully saturated rings. The van der Waals surface area contributed by atoms with E-state index in [1.54, 1.807) is 13.0 Å². The van der Waals surface area contributed by atoms with Crippen LogP contribution in [0.2, 0.25) is 16.6 Å². The molecule has 0 amide bonds. The van der Waals surface area contributed by atoms with Crippen molar-refractivity contribution in [1.82, 2.24) is 10.2 Å². The second kappa shape index (κ2) is 11.8. The number of esters is 1. The van der Waals surface area contributed by atoms with Crippen LogP contribution in [0, 0.1) is 6.92 Å². The van der Waals surface area contributed by atoms with E-state index in [1.807, 2.05) is 0 Å². The van der Waals surface area contributed by atoms with Gasteiger partial charge >= 0.3 is 12.1 Å². The molecular formula is C27H35F3N2O5SSi. The quantitative estimate of drug-likeness (QED) is 0.136. The minimum Gasteiger partial charge on any atom is -0.540 e. The van der Waals surface area contributed by atoms with Crippen molar-refractivity contribution in [1.29, 1.82) is 0 Å². The van der Waals surface area contributed by atoms with Gasteiger partial charge in [-0.25, -0.2) is 4.79 Å². The molecule has 12 heteroatoms. The predicted molar refractivity (Wildman–Crippen MR) is 148 cm³/mol. The fourth-order valence-electron chi connectivity index (χ4n) is 5.33. The lowest BCUT2D eigenvalue weighted by Gasteiger charge is -2.42. The molecule has 39 heavy (non-hydrogen) atoms. The van der Waals surface area contributed by atoms with Crippen LogP contribution < -0.4 is 9.16 Å². The highest BCUT2D eigenvalue weighted by Gasteiger charge is 2.48. The predicted octanol–water partition coefficient (Wildman–Crippen LogP) is 8.01. The maximum atomic E-state index is 13.5. The highest BCUT2D eigenvalue weighted by molar-refractivity contribution is 7.21. The number of thiophene rings is 1. The molecule has 0 spiro atoms. The van der Waals surface area contributed by atoms with Crippen molar-refractivity contribution in [2.45, 2.75) is 71.3 Å². The van der Waals surface area contributed by atoms with E-state index in [9.17, 15) is 18.0 Å². The van der Waals surface area contributed by atoms with Crippen LogP contribution in [0.15, 0.2) is 18.2 Å². The van der Waals surface area contributed by atoms with E-state index in [1.165, 1.54) is 14.2 Å². The van der Waals surface area contributed by atoms with Gasteiger partial charge in [-0.05, 0) is 47.3 Å². The molecule has 2 aromatic heterocycles. The number of hydrogen-bond donors (Lipinski definition) is 0. The van der Waals surface area contributed by atoms with Crippen molar-refractivity contribution in [3.63, 3.8) is 0 Å². The van der Waals surface area contributed by atoms with E-state index in [0.29, 0.717) is 32.8 Å². The molecule has 2 heterocycles. The summed E-state index contributed by atoms with van der Waals surface area (Å²) in [6.45, 7) is 14.1. The number of methoxy groups -OCH3 is 2. The Labute approximate surface area is 231 Å². The van der Waals surface area contributed by atoms with Crippen molar-refractivity contribution in [2.24, 2.45) is 0 Å². The average Bonchev–Trinajstić information content (AvgIpc) is 3.21. The number of aryl methyl sites for hydroxylation is 1. The molecule has 0 saturated carbocycles. The lowest BCUT2D eigenvalue weighted by molar-refractivity contribution is -0.137.